The van der Waals surface area contributed by atoms with Gasteiger partial charge in [-0.2, -0.15) is 0 Å². The molecule has 5 rings (SSSR count). The third-order valence-corrected chi connectivity index (χ3v) is 6.64. The van der Waals surface area contributed by atoms with E-state index >= 15 is 0 Å². The Labute approximate surface area is 189 Å². The number of benzene rings is 2. The van der Waals surface area contributed by atoms with Crippen LogP contribution in [0.5, 0.6) is 0 Å². The van der Waals surface area contributed by atoms with E-state index in [1.807, 2.05) is 11.0 Å². The highest BCUT2D eigenvalue weighted by Crippen LogP contribution is 2.33. The zero-order chi connectivity index (χ0) is 21.9. The lowest BCUT2D eigenvalue weighted by molar-refractivity contribution is -0.119. The molecule has 3 heterocycles. The van der Waals surface area contributed by atoms with Crippen molar-refractivity contribution in [1.29, 1.82) is 0 Å². The molecule has 1 amide bonds. The fourth-order valence-electron chi connectivity index (χ4n) is 4.78. The summed E-state index contributed by atoms with van der Waals surface area (Å²) in [6.07, 6.45) is 6.67. The molecular formula is C26H30N4O2. The summed E-state index contributed by atoms with van der Waals surface area (Å²) in [6.45, 7) is 5.00. The van der Waals surface area contributed by atoms with E-state index in [0.29, 0.717) is 6.42 Å². The van der Waals surface area contributed by atoms with E-state index in [4.69, 9.17) is 4.42 Å². The number of likely N-dealkylation sites (N-methyl/N-ethyl adjacent to an activating group) is 1. The number of oxazole rings is 1. The number of carbonyl (C=O) groups excluding carboxylic acids is 1. The van der Waals surface area contributed by atoms with Gasteiger partial charge in [0.1, 0.15) is 0 Å². The summed E-state index contributed by atoms with van der Waals surface area (Å²) < 4.78 is 5.66. The van der Waals surface area contributed by atoms with Crippen LogP contribution in [0, 0.1) is 0 Å². The van der Waals surface area contributed by atoms with Crippen LogP contribution in [0.15, 0.2) is 59.5 Å². The predicted octanol–water partition coefficient (Wildman–Crippen LogP) is 4.20. The second-order valence-electron chi connectivity index (χ2n) is 8.81. The number of nitrogens with zero attached hydrogens (tertiary/aromatic N) is 4. The Morgan fingerprint density at radius 3 is 2.59 bits per heavy atom. The number of anilines is 2. The van der Waals surface area contributed by atoms with Crippen LogP contribution in [0.2, 0.25) is 0 Å². The molecule has 0 saturated carbocycles. The van der Waals surface area contributed by atoms with Gasteiger partial charge in [-0.15, -0.1) is 0 Å². The van der Waals surface area contributed by atoms with E-state index in [-0.39, 0.29) is 5.91 Å². The summed E-state index contributed by atoms with van der Waals surface area (Å²) in [6, 6.07) is 15.0. The molecule has 0 unspecified atom stereocenters. The average Bonchev–Trinajstić information content (AvgIpc) is 3.35. The van der Waals surface area contributed by atoms with E-state index in [9.17, 15) is 4.79 Å². The second-order valence-corrected chi connectivity index (χ2v) is 8.81. The number of aromatic nitrogens is 1. The van der Waals surface area contributed by atoms with Crippen molar-refractivity contribution in [2.45, 2.75) is 25.7 Å². The molecule has 32 heavy (non-hydrogen) atoms. The number of carbonyl (C=O) groups is 1. The first kappa shape index (κ1) is 20.8. The number of hydrogen-bond acceptors (Lipinski definition) is 5. The molecule has 166 valence electrons. The minimum Gasteiger partial charge on any atom is -0.444 e. The third-order valence-electron chi connectivity index (χ3n) is 6.64. The van der Waals surface area contributed by atoms with Crippen LogP contribution >= 0.6 is 0 Å². The molecule has 2 aromatic carbocycles. The Kier molecular flexibility index (Phi) is 5.95. The molecule has 1 aromatic heterocycles. The maximum Gasteiger partial charge on any atom is 0.226 e. The minimum absolute atomic E-state index is 0.215. The van der Waals surface area contributed by atoms with Crippen LogP contribution in [0.3, 0.4) is 0 Å². The lowest BCUT2D eigenvalue weighted by Crippen LogP contribution is -2.44. The van der Waals surface area contributed by atoms with Crippen LogP contribution in [0.1, 0.15) is 30.4 Å². The average molecular weight is 431 g/mol. The van der Waals surface area contributed by atoms with Crippen LogP contribution in [-0.4, -0.2) is 55.6 Å². The number of hydrogen-bond donors (Lipinski definition) is 0. The molecule has 0 aliphatic carbocycles. The first-order valence-corrected chi connectivity index (χ1v) is 11.5. The molecule has 0 bridgehead atoms. The van der Waals surface area contributed by atoms with Crippen molar-refractivity contribution in [1.82, 2.24) is 9.88 Å². The van der Waals surface area contributed by atoms with Crippen LogP contribution in [0.25, 0.3) is 11.3 Å². The van der Waals surface area contributed by atoms with Gasteiger partial charge in [0.15, 0.2) is 12.2 Å². The highest BCUT2D eigenvalue weighted by Gasteiger charge is 2.22. The first-order valence-electron chi connectivity index (χ1n) is 11.5. The minimum atomic E-state index is 0.215. The van der Waals surface area contributed by atoms with E-state index in [2.05, 4.69) is 58.2 Å². The molecule has 2 aliphatic rings. The molecule has 6 heteroatoms. The SMILES string of the molecule is CN1CCN(c2ccccc2Cc2cc(N3CCCCC3=O)ccc2-c2cnco2)CC1. The molecule has 6 nitrogen and oxygen atoms in total. The van der Waals surface area contributed by atoms with E-state index < -0.39 is 0 Å². The van der Waals surface area contributed by atoms with E-state index in [1.54, 1.807) is 6.20 Å². The molecule has 0 N–H and O–H groups in total. The van der Waals surface area contributed by atoms with E-state index in [0.717, 1.165) is 74.6 Å². The summed E-state index contributed by atoms with van der Waals surface area (Å²) in [5.74, 6) is 0.973. The standard InChI is InChI=1S/C26H30N4O2/c1-28-12-14-29(15-13-28)24-7-3-2-6-20(24)16-21-17-22(30-11-5-4-8-26(30)31)9-10-23(21)25-18-27-19-32-25/h2-3,6-7,9-10,17-19H,4-5,8,11-16H2,1H3. The molecule has 2 saturated heterocycles. The molecule has 2 aliphatic heterocycles. The second kappa shape index (κ2) is 9.17. The quantitative estimate of drug-likeness (QED) is 0.607. The van der Waals surface area contributed by atoms with Crippen LogP contribution in [-0.2, 0) is 11.2 Å². The number of piperidine rings is 1. The van der Waals surface area contributed by atoms with Gasteiger partial charge >= 0.3 is 0 Å². The molecule has 0 spiro atoms. The maximum atomic E-state index is 12.6. The summed E-state index contributed by atoms with van der Waals surface area (Å²) in [5.41, 5.74) is 5.75. The fraction of sp³-hybridized carbons (Fsp3) is 0.385. The van der Waals surface area contributed by atoms with E-state index in [1.165, 1.54) is 17.6 Å². The van der Waals surface area contributed by atoms with Crippen LogP contribution in [0.4, 0.5) is 11.4 Å². The largest absolute Gasteiger partial charge is 0.444 e. The zero-order valence-electron chi connectivity index (χ0n) is 18.7. The number of para-hydroxylation sites is 1. The van der Waals surface area contributed by atoms with Crippen molar-refractivity contribution in [2.75, 3.05) is 49.6 Å². The summed E-state index contributed by atoms with van der Waals surface area (Å²) in [7, 11) is 2.18. The van der Waals surface area contributed by atoms with Crippen molar-refractivity contribution in [3.8, 4) is 11.3 Å². The molecular weight excluding hydrogens is 400 g/mol. The van der Waals surface area contributed by atoms with Gasteiger partial charge in [-0.05, 0) is 55.3 Å². The Morgan fingerprint density at radius 2 is 1.81 bits per heavy atom. The van der Waals surface area contributed by atoms with Gasteiger partial charge in [0.2, 0.25) is 5.91 Å². The monoisotopic (exact) mass is 430 g/mol. The Bertz CT molecular complexity index is 1070. The van der Waals surface area contributed by atoms with Crippen molar-refractivity contribution < 1.29 is 9.21 Å². The highest BCUT2D eigenvalue weighted by atomic mass is 16.3. The first-order chi connectivity index (χ1) is 15.7. The van der Waals surface area contributed by atoms with Crippen molar-refractivity contribution >= 4 is 17.3 Å². The topological polar surface area (TPSA) is 52.8 Å². The lowest BCUT2D eigenvalue weighted by atomic mass is 9.95. The van der Waals surface area contributed by atoms with Crippen molar-refractivity contribution in [3.63, 3.8) is 0 Å². The van der Waals surface area contributed by atoms with Gasteiger partial charge in [0.25, 0.3) is 0 Å². The molecule has 0 atom stereocenters. The van der Waals surface area contributed by atoms with Gasteiger partial charge in [-0.3, -0.25) is 4.79 Å². The third kappa shape index (κ3) is 4.28. The molecule has 3 aromatic rings. The Morgan fingerprint density at radius 1 is 0.969 bits per heavy atom. The highest BCUT2D eigenvalue weighted by molar-refractivity contribution is 5.94. The molecule has 2 fully saturated rings. The smallest absolute Gasteiger partial charge is 0.226 e. The number of piperazine rings is 1. The molecule has 0 radical (unpaired) electrons. The van der Waals surface area contributed by atoms with Gasteiger partial charge in [-0.25, -0.2) is 4.98 Å². The van der Waals surface area contributed by atoms with Crippen LogP contribution < -0.4 is 9.80 Å². The Balaban J connectivity index is 1.51. The van der Waals surface area contributed by atoms with Crippen molar-refractivity contribution in [3.05, 3.63) is 66.2 Å². The van der Waals surface area contributed by atoms with Gasteiger partial charge in [-0.1, -0.05) is 18.2 Å². The van der Waals surface area contributed by atoms with Gasteiger partial charge in [0.05, 0.1) is 6.20 Å². The lowest BCUT2D eigenvalue weighted by Gasteiger charge is -2.35. The zero-order valence-corrected chi connectivity index (χ0v) is 18.7. The normalized spacial score (nSPS) is 17.7. The fourth-order valence-corrected chi connectivity index (χ4v) is 4.78. The summed E-state index contributed by atoms with van der Waals surface area (Å²) in [5, 5.41) is 0. The number of rotatable bonds is 5. The van der Waals surface area contributed by atoms with Gasteiger partial charge in [0, 0.05) is 62.5 Å². The van der Waals surface area contributed by atoms with Gasteiger partial charge < -0.3 is 19.1 Å². The summed E-state index contributed by atoms with van der Waals surface area (Å²) >= 11 is 0. The summed E-state index contributed by atoms with van der Waals surface area (Å²) in [4.78, 5) is 23.5. The predicted molar refractivity (Wildman–Crippen MR) is 127 cm³/mol. The number of amides is 1. The van der Waals surface area contributed by atoms with Crippen molar-refractivity contribution in [2.24, 2.45) is 0 Å². The Hall–Kier alpha value is -3.12. The maximum absolute atomic E-state index is 12.6.